The zero-order chi connectivity index (χ0) is 6.91. The van der Waals surface area contributed by atoms with Crippen LogP contribution in [0.5, 0.6) is 0 Å². The van der Waals surface area contributed by atoms with E-state index in [-0.39, 0.29) is 6.54 Å². The lowest BCUT2D eigenvalue weighted by Crippen LogP contribution is -2.49. The molecule has 1 aliphatic heterocycles. The van der Waals surface area contributed by atoms with Crippen LogP contribution in [0.2, 0.25) is 0 Å². The number of rotatable bonds is 0. The van der Waals surface area contributed by atoms with Gasteiger partial charge in [-0.05, 0) is 19.9 Å². The summed E-state index contributed by atoms with van der Waals surface area (Å²) in [6.45, 7) is 2.54. The van der Waals surface area contributed by atoms with Gasteiger partial charge in [0.15, 0.2) is 0 Å². The van der Waals surface area contributed by atoms with Gasteiger partial charge in [0.1, 0.15) is 6.17 Å². The molecule has 2 N–H and O–H groups in total. The maximum atomic E-state index is 12.6. The van der Waals surface area contributed by atoms with Crippen LogP contribution in [-0.4, -0.2) is 30.0 Å². The van der Waals surface area contributed by atoms with Crippen molar-refractivity contribution in [1.82, 2.24) is 5.32 Å². The summed E-state index contributed by atoms with van der Waals surface area (Å²) < 4.78 is 12.6. The largest absolute Gasteiger partial charge is 0.387 e. The van der Waals surface area contributed by atoms with Crippen molar-refractivity contribution in [1.29, 1.82) is 0 Å². The van der Waals surface area contributed by atoms with E-state index in [9.17, 15) is 9.50 Å². The molecule has 0 unspecified atom stereocenters. The molecule has 3 heteroatoms. The number of halogens is 1. The molecular formula is C6H12FNO. The van der Waals surface area contributed by atoms with Crippen LogP contribution in [-0.2, 0) is 0 Å². The van der Waals surface area contributed by atoms with Gasteiger partial charge in [0.25, 0.3) is 0 Å². The van der Waals surface area contributed by atoms with Gasteiger partial charge in [0, 0.05) is 6.54 Å². The molecule has 0 amide bonds. The van der Waals surface area contributed by atoms with Gasteiger partial charge in [0.05, 0.1) is 5.60 Å². The number of hydrogen-bond acceptors (Lipinski definition) is 2. The van der Waals surface area contributed by atoms with Crippen molar-refractivity contribution < 1.29 is 9.50 Å². The van der Waals surface area contributed by atoms with Crippen molar-refractivity contribution in [2.24, 2.45) is 0 Å². The van der Waals surface area contributed by atoms with Crippen LogP contribution >= 0.6 is 0 Å². The van der Waals surface area contributed by atoms with Crippen molar-refractivity contribution in [3.05, 3.63) is 0 Å². The van der Waals surface area contributed by atoms with Gasteiger partial charge in [-0.1, -0.05) is 0 Å². The number of alkyl halides is 1. The van der Waals surface area contributed by atoms with E-state index < -0.39 is 11.8 Å². The second-order valence-electron chi connectivity index (χ2n) is 2.78. The summed E-state index contributed by atoms with van der Waals surface area (Å²) >= 11 is 0. The predicted molar refractivity (Wildman–Crippen MR) is 33.0 cm³/mol. The lowest BCUT2D eigenvalue weighted by molar-refractivity contribution is -0.0394. The molecule has 1 fully saturated rings. The molecule has 0 bridgehead atoms. The van der Waals surface area contributed by atoms with Crippen LogP contribution in [0.15, 0.2) is 0 Å². The zero-order valence-electron chi connectivity index (χ0n) is 5.52. The molecule has 9 heavy (non-hydrogen) atoms. The Morgan fingerprint density at radius 3 is 2.78 bits per heavy atom. The maximum absolute atomic E-state index is 12.6. The quantitative estimate of drug-likeness (QED) is 0.490. The molecule has 1 rings (SSSR count). The molecule has 0 aromatic heterocycles. The Morgan fingerprint density at radius 2 is 2.44 bits per heavy atom. The SMILES string of the molecule is C[C@@]1(O)CCNC[C@@H]1F. The van der Waals surface area contributed by atoms with Gasteiger partial charge < -0.3 is 10.4 Å². The lowest BCUT2D eigenvalue weighted by Gasteiger charge is -2.31. The Kier molecular flexibility index (Phi) is 1.73. The molecule has 54 valence electrons. The Labute approximate surface area is 54.1 Å². The first-order valence-electron chi connectivity index (χ1n) is 3.20. The number of nitrogens with one attached hydrogen (secondary N) is 1. The van der Waals surface area contributed by atoms with Crippen molar-refractivity contribution in [2.45, 2.75) is 25.1 Å². The van der Waals surface area contributed by atoms with Crippen LogP contribution in [0.3, 0.4) is 0 Å². The molecule has 2 atom stereocenters. The third-order valence-electron chi connectivity index (χ3n) is 1.81. The van der Waals surface area contributed by atoms with E-state index in [1.165, 1.54) is 0 Å². The fourth-order valence-corrected chi connectivity index (χ4v) is 0.947. The highest BCUT2D eigenvalue weighted by Gasteiger charge is 2.34. The minimum atomic E-state index is -1.11. The minimum Gasteiger partial charge on any atom is -0.387 e. The van der Waals surface area contributed by atoms with E-state index in [2.05, 4.69) is 5.32 Å². The van der Waals surface area contributed by atoms with Gasteiger partial charge in [-0.25, -0.2) is 4.39 Å². The summed E-state index contributed by atoms with van der Waals surface area (Å²) in [7, 11) is 0. The molecule has 1 heterocycles. The first kappa shape index (κ1) is 6.96. The first-order chi connectivity index (χ1) is 4.13. The predicted octanol–water partition coefficient (Wildman–Crippen LogP) is 0.0688. The number of piperidine rings is 1. The Morgan fingerprint density at radius 1 is 1.78 bits per heavy atom. The fourth-order valence-electron chi connectivity index (χ4n) is 0.947. The highest BCUT2D eigenvalue weighted by atomic mass is 19.1. The summed E-state index contributed by atoms with van der Waals surface area (Å²) in [5.41, 5.74) is -1.09. The maximum Gasteiger partial charge on any atom is 0.141 e. The number of aliphatic hydroxyl groups is 1. The van der Waals surface area contributed by atoms with Gasteiger partial charge >= 0.3 is 0 Å². The second kappa shape index (κ2) is 2.23. The van der Waals surface area contributed by atoms with Gasteiger partial charge in [-0.3, -0.25) is 0 Å². The van der Waals surface area contributed by atoms with E-state index in [0.717, 1.165) is 0 Å². The Hall–Kier alpha value is -0.150. The van der Waals surface area contributed by atoms with Crippen molar-refractivity contribution >= 4 is 0 Å². The smallest absolute Gasteiger partial charge is 0.141 e. The molecular weight excluding hydrogens is 121 g/mol. The van der Waals surface area contributed by atoms with E-state index in [0.29, 0.717) is 13.0 Å². The van der Waals surface area contributed by atoms with Crippen molar-refractivity contribution in [3.63, 3.8) is 0 Å². The van der Waals surface area contributed by atoms with E-state index in [4.69, 9.17) is 0 Å². The molecule has 1 aliphatic rings. The molecule has 0 radical (unpaired) electrons. The van der Waals surface area contributed by atoms with Crippen molar-refractivity contribution in [2.75, 3.05) is 13.1 Å². The zero-order valence-corrected chi connectivity index (χ0v) is 5.52. The monoisotopic (exact) mass is 133 g/mol. The Balaban J connectivity index is 2.49. The van der Waals surface area contributed by atoms with Gasteiger partial charge in [0.2, 0.25) is 0 Å². The standard InChI is InChI=1S/C6H12FNO/c1-6(9)2-3-8-4-5(6)7/h5,8-9H,2-4H2,1H3/t5-,6+/m0/s1. The van der Waals surface area contributed by atoms with E-state index in [1.807, 2.05) is 0 Å². The highest BCUT2D eigenvalue weighted by Crippen LogP contribution is 2.19. The molecule has 0 spiro atoms. The van der Waals surface area contributed by atoms with E-state index >= 15 is 0 Å². The average molecular weight is 133 g/mol. The van der Waals surface area contributed by atoms with Crippen LogP contribution in [0.1, 0.15) is 13.3 Å². The Bertz CT molecular complexity index is 105. The van der Waals surface area contributed by atoms with Crippen molar-refractivity contribution in [3.8, 4) is 0 Å². The molecule has 0 saturated carbocycles. The third kappa shape index (κ3) is 1.40. The topological polar surface area (TPSA) is 32.3 Å². The van der Waals surface area contributed by atoms with Crippen LogP contribution in [0, 0.1) is 0 Å². The van der Waals surface area contributed by atoms with E-state index in [1.54, 1.807) is 6.92 Å². The van der Waals surface area contributed by atoms with Gasteiger partial charge in [-0.2, -0.15) is 0 Å². The summed E-state index contributed by atoms with van der Waals surface area (Å²) in [6, 6.07) is 0. The fraction of sp³-hybridized carbons (Fsp3) is 1.00. The average Bonchev–Trinajstić information content (AvgIpc) is 1.77. The first-order valence-corrected chi connectivity index (χ1v) is 3.20. The van der Waals surface area contributed by atoms with Crippen LogP contribution in [0.25, 0.3) is 0 Å². The normalized spacial score (nSPS) is 45.0. The second-order valence-corrected chi connectivity index (χ2v) is 2.78. The molecule has 1 saturated heterocycles. The summed E-state index contributed by atoms with van der Waals surface area (Å²) in [6.07, 6.45) is -0.597. The van der Waals surface area contributed by atoms with Crippen LogP contribution in [0.4, 0.5) is 4.39 Å². The highest BCUT2D eigenvalue weighted by molar-refractivity contribution is 4.88. The lowest BCUT2D eigenvalue weighted by atomic mass is 9.93. The summed E-state index contributed by atoms with van der Waals surface area (Å²) in [5.74, 6) is 0. The molecule has 0 aliphatic carbocycles. The summed E-state index contributed by atoms with van der Waals surface area (Å²) in [5, 5.41) is 12.1. The molecule has 0 aromatic carbocycles. The molecule has 0 aromatic rings. The number of hydrogen-bond donors (Lipinski definition) is 2. The summed E-state index contributed by atoms with van der Waals surface area (Å²) in [4.78, 5) is 0. The van der Waals surface area contributed by atoms with Crippen LogP contribution < -0.4 is 5.32 Å². The minimum absolute atomic E-state index is 0.285. The van der Waals surface area contributed by atoms with Gasteiger partial charge in [-0.15, -0.1) is 0 Å². The molecule has 2 nitrogen and oxygen atoms in total. The third-order valence-corrected chi connectivity index (χ3v) is 1.81.